The fourth-order valence-electron chi connectivity index (χ4n) is 1.46. The Kier molecular flexibility index (Phi) is 3.93. The van der Waals surface area contributed by atoms with E-state index in [1.807, 2.05) is 41.3 Å². The molecule has 2 aromatic rings. The molecule has 2 rings (SSSR count). The smallest absolute Gasteiger partial charge is 0.249 e. The number of imidazole rings is 1. The summed E-state index contributed by atoms with van der Waals surface area (Å²) < 4.78 is 1.95. The molecule has 0 aliphatic rings. The number of nitrogens with zero attached hydrogens (tertiary/aromatic N) is 4. The predicted octanol–water partition coefficient (Wildman–Crippen LogP) is 4.04. The Morgan fingerprint density at radius 2 is 2.12 bits per heavy atom. The number of rotatable bonds is 4. The Labute approximate surface area is 105 Å². The lowest BCUT2D eigenvalue weighted by Gasteiger charge is -2.00. The number of benzene rings is 1. The van der Waals surface area contributed by atoms with E-state index in [4.69, 9.17) is 0 Å². The molecule has 0 saturated carbocycles. The summed E-state index contributed by atoms with van der Waals surface area (Å²) in [4.78, 5) is 5.27. The van der Waals surface area contributed by atoms with Gasteiger partial charge < -0.3 is 4.57 Å². The molecule has 0 fully saturated rings. The zero-order valence-electron chi connectivity index (χ0n) is 9.87. The summed E-state index contributed by atoms with van der Waals surface area (Å²) in [6.45, 7) is 2.90. The zero-order chi connectivity index (χ0) is 12.1. The molecule has 0 saturated heterocycles. The predicted molar refractivity (Wildman–Crippen MR) is 70.3 cm³/mol. The molecule has 0 N–H and O–H groups in total. The molecule has 0 radical (unpaired) electrons. The number of aromatic nitrogens is 2. The lowest BCUT2D eigenvalue weighted by Crippen LogP contribution is -1.89. The Hall–Kier alpha value is -1.62. The van der Waals surface area contributed by atoms with E-state index >= 15 is 0 Å². The van der Waals surface area contributed by atoms with Gasteiger partial charge in [0.1, 0.15) is 0 Å². The van der Waals surface area contributed by atoms with Crippen LogP contribution in [0.5, 0.6) is 0 Å². The SMILES string of the molecule is CCn1ccnc1N=Nc1ccccc1SC. The first kappa shape index (κ1) is 11.9. The van der Waals surface area contributed by atoms with E-state index in [9.17, 15) is 0 Å². The van der Waals surface area contributed by atoms with Crippen molar-refractivity contribution in [2.45, 2.75) is 18.4 Å². The highest BCUT2D eigenvalue weighted by molar-refractivity contribution is 7.98. The van der Waals surface area contributed by atoms with Crippen LogP contribution in [-0.2, 0) is 6.54 Å². The second-order valence-electron chi connectivity index (χ2n) is 3.39. The lowest BCUT2D eigenvalue weighted by atomic mass is 10.3. The highest BCUT2D eigenvalue weighted by Gasteiger charge is 2.00. The molecule has 17 heavy (non-hydrogen) atoms. The van der Waals surface area contributed by atoms with Crippen LogP contribution < -0.4 is 0 Å². The van der Waals surface area contributed by atoms with E-state index in [-0.39, 0.29) is 0 Å². The van der Waals surface area contributed by atoms with Gasteiger partial charge in [0, 0.05) is 23.8 Å². The molecule has 5 heteroatoms. The quantitative estimate of drug-likeness (QED) is 0.603. The van der Waals surface area contributed by atoms with E-state index in [1.54, 1.807) is 18.0 Å². The molecule has 1 heterocycles. The minimum absolute atomic E-state index is 0.642. The average molecular weight is 246 g/mol. The van der Waals surface area contributed by atoms with Gasteiger partial charge in [-0.1, -0.05) is 12.1 Å². The maximum absolute atomic E-state index is 4.25. The molecule has 1 aromatic carbocycles. The summed E-state index contributed by atoms with van der Waals surface area (Å²) in [5.41, 5.74) is 0.880. The van der Waals surface area contributed by atoms with Gasteiger partial charge in [0.05, 0.1) is 5.69 Å². The van der Waals surface area contributed by atoms with Gasteiger partial charge in [-0.15, -0.1) is 22.0 Å². The van der Waals surface area contributed by atoms with Crippen molar-refractivity contribution in [1.29, 1.82) is 0 Å². The normalized spacial score (nSPS) is 11.2. The van der Waals surface area contributed by atoms with Crippen molar-refractivity contribution in [3.63, 3.8) is 0 Å². The molecule has 0 aliphatic heterocycles. The van der Waals surface area contributed by atoms with E-state index in [1.165, 1.54) is 0 Å². The molecule has 88 valence electrons. The standard InChI is InChI=1S/C12H14N4S/c1-3-16-9-8-13-12(16)15-14-10-6-4-5-7-11(10)17-2/h4-9H,3H2,1-2H3. The highest BCUT2D eigenvalue weighted by atomic mass is 32.2. The number of azo groups is 1. The Balaban J connectivity index is 2.26. The monoisotopic (exact) mass is 246 g/mol. The van der Waals surface area contributed by atoms with Crippen molar-refractivity contribution in [2.75, 3.05) is 6.26 Å². The summed E-state index contributed by atoms with van der Waals surface area (Å²) in [5.74, 6) is 0.642. The Morgan fingerprint density at radius 1 is 1.29 bits per heavy atom. The minimum Gasteiger partial charge on any atom is -0.315 e. The van der Waals surface area contributed by atoms with Gasteiger partial charge in [0.2, 0.25) is 5.95 Å². The molecule has 0 atom stereocenters. The van der Waals surface area contributed by atoms with Gasteiger partial charge in [-0.3, -0.25) is 0 Å². The third kappa shape index (κ3) is 2.74. The number of hydrogen-bond acceptors (Lipinski definition) is 4. The number of hydrogen-bond donors (Lipinski definition) is 0. The van der Waals surface area contributed by atoms with E-state index in [2.05, 4.69) is 22.1 Å². The van der Waals surface area contributed by atoms with Gasteiger partial charge in [0.25, 0.3) is 0 Å². The second kappa shape index (κ2) is 5.63. The molecular weight excluding hydrogens is 232 g/mol. The minimum atomic E-state index is 0.642. The van der Waals surface area contributed by atoms with Gasteiger partial charge >= 0.3 is 0 Å². The summed E-state index contributed by atoms with van der Waals surface area (Å²) in [7, 11) is 0. The molecule has 0 amide bonds. The summed E-state index contributed by atoms with van der Waals surface area (Å²) in [5, 5.41) is 8.43. The van der Waals surface area contributed by atoms with Gasteiger partial charge in [-0.25, -0.2) is 4.98 Å². The maximum atomic E-state index is 4.25. The third-order valence-corrected chi connectivity index (χ3v) is 3.15. The number of thioether (sulfide) groups is 1. The first-order valence-corrected chi connectivity index (χ1v) is 6.63. The first-order chi connectivity index (χ1) is 8.35. The molecule has 4 nitrogen and oxygen atoms in total. The van der Waals surface area contributed by atoms with E-state index in [0.717, 1.165) is 17.1 Å². The fraction of sp³-hybridized carbons (Fsp3) is 0.250. The van der Waals surface area contributed by atoms with Gasteiger partial charge in [-0.2, -0.15) is 0 Å². The average Bonchev–Trinajstić information content (AvgIpc) is 2.84. The Morgan fingerprint density at radius 3 is 2.88 bits per heavy atom. The van der Waals surface area contributed by atoms with Crippen molar-refractivity contribution in [2.24, 2.45) is 10.2 Å². The molecule has 0 bridgehead atoms. The van der Waals surface area contributed by atoms with Crippen molar-refractivity contribution in [1.82, 2.24) is 9.55 Å². The van der Waals surface area contributed by atoms with Crippen LogP contribution in [0.1, 0.15) is 6.92 Å². The molecule has 0 aliphatic carbocycles. The third-order valence-electron chi connectivity index (χ3n) is 2.37. The van der Waals surface area contributed by atoms with Crippen molar-refractivity contribution < 1.29 is 0 Å². The highest BCUT2D eigenvalue weighted by Crippen LogP contribution is 2.28. The van der Waals surface area contributed by atoms with Crippen LogP contribution in [0.4, 0.5) is 11.6 Å². The molecule has 1 aromatic heterocycles. The Bertz CT molecular complexity index is 519. The van der Waals surface area contributed by atoms with E-state index < -0.39 is 0 Å². The van der Waals surface area contributed by atoms with Crippen molar-refractivity contribution >= 4 is 23.4 Å². The van der Waals surface area contributed by atoms with Crippen LogP contribution in [0.25, 0.3) is 0 Å². The van der Waals surface area contributed by atoms with E-state index in [0.29, 0.717) is 5.95 Å². The van der Waals surface area contributed by atoms with Crippen LogP contribution in [-0.4, -0.2) is 15.8 Å². The number of aryl methyl sites for hydroxylation is 1. The molecule has 0 spiro atoms. The largest absolute Gasteiger partial charge is 0.315 e. The van der Waals surface area contributed by atoms with Crippen LogP contribution in [0.3, 0.4) is 0 Å². The zero-order valence-corrected chi connectivity index (χ0v) is 10.7. The van der Waals surface area contributed by atoms with Crippen LogP contribution >= 0.6 is 11.8 Å². The first-order valence-electron chi connectivity index (χ1n) is 5.41. The summed E-state index contributed by atoms with van der Waals surface area (Å²) >= 11 is 1.66. The molecular formula is C12H14N4S. The lowest BCUT2D eigenvalue weighted by molar-refractivity contribution is 0.757. The van der Waals surface area contributed by atoms with Crippen molar-refractivity contribution in [3.8, 4) is 0 Å². The molecule has 0 unspecified atom stereocenters. The van der Waals surface area contributed by atoms with Gasteiger partial charge in [-0.05, 0) is 25.3 Å². The topological polar surface area (TPSA) is 42.5 Å². The maximum Gasteiger partial charge on any atom is 0.249 e. The van der Waals surface area contributed by atoms with Crippen LogP contribution in [0.15, 0.2) is 51.8 Å². The summed E-state index contributed by atoms with van der Waals surface area (Å²) in [6, 6.07) is 7.94. The second-order valence-corrected chi connectivity index (χ2v) is 4.23. The van der Waals surface area contributed by atoms with Gasteiger partial charge in [0.15, 0.2) is 0 Å². The van der Waals surface area contributed by atoms with Crippen LogP contribution in [0.2, 0.25) is 0 Å². The van der Waals surface area contributed by atoms with Crippen LogP contribution in [0, 0.1) is 0 Å². The van der Waals surface area contributed by atoms with Crippen molar-refractivity contribution in [3.05, 3.63) is 36.7 Å². The summed E-state index contributed by atoms with van der Waals surface area (Å²) in [6.07, 6.45) is 5.66. The fourth-order valence-corrected chi connectivity index (χ4v) is 2.00.